The molecule has 20 nitrogen and oxygen atoms in total. The zero-order chi connectivity index (χ0) is 58.5. The maximum atomic E-state index is 14.1. The highest BCUT2D eigenvalue weighted by atomic mass is 32.1. The van der Waals surface area contributed by atoms with Crippen molar-refractivity contribution >= 4 is 74.8 Å². The number of aromatic nitrogens is 4. The molecule has 21 heteroatoms. The molecular weight excluding hydrogens is 1050 g/mol. The molecule has 0 radical (unpaired) electrons. The highest BCUT2D eigenvalue weighted by Gasteiger charge is 2.44. The first-order valence-electron chi connectivity index (χ1n) is 27.3. The third-order valence-electron chi connectivity index (χ3n) is 14.4. The van der Waals surface area contributed by atoms with Crippen molar-refractivity contribution in [2.75, 3.05) is 97.2 Å². The number of nitrogens with one attached hydrogen (secondary N) is 4. The van der Waals surface area contributed by atoms with Crippen molar-refractivity contribution in [3.8, 4) is 27.4 Å². The molecule has 7 rings (SSSR count). The van der Waals surface area contributed by atoms with E-state index in [9.17, 15) is 29.1 Å². The molecule has 1 saturated heterocycles. The van der Waals surface area contributed by atoms with E-state index in [2.05, 4.69) is 63.9 Å². The van der Waals surface area contributed by atoms with Crippen LogP contribution in [0.2, 0.25) is 0 Å². The molecule has 0 unspecified atom stereocenters. The van der Waals surface area contributed by atoms with E-state index in [1.807, 2.05) is 128 Å². The largest absolute Gasteiger partial charge is 0.494 e. The number of methoxy groups -OCH3 is 1. The summed E-state index contributed by atoms with van der Waals surface area (Å²) in [5.41, 5.74) is 8.66. The number of carbonyl (C=O) groups is 5. The predicted octanol–water partition coefficient (Wildman–Crippen LogP) is 6.68. The van der Waals surface area contributed by atoms with Crippen LogP contribution >= 0.6 is 11.3 Å². The van der Waals surface area contributed by atoms with Crippen LogP contribution in [0, 0.1) is 12.3 Å². The second-order valence-corrected chi connectivity index (χ2v) is 23.0. The maximum absolute atomic E-state index is 14.1. The van der Waals surface area contributed by atoms with E-state index in [1.54, 1.807) is 42.7 Å². The Morgan fingerprint density at radius 3 is 2.38 bits per heavy atom. The number of thiazole rings is 1. The quantitative estimate of drug-likeness (QED) is 0.0378. The molecule has 0 aliphatic carbocycles. The van der Waals surface area contributed by atoms with Crippen LogP contribution in [0.25, 0.3) is 32.6 Å². The monoisotopic (exact) mass is 1130 g/mol. The minimum Gasteiger partial charge on any atom is -0.494 e. The first-order valence-corrected chi connectivity index (χ1v) is 28.2. The number of amides is 5. The first-order chi connectivity index (χ1) is 38.6. The summed E-state index contributed by atoms with van der Waals surface area (Å²) in [6.45, 7) is 10.5. The Hall–Kier alpha value is -7.72. The molecule has 6 aromatic rings. The van der Waals surface area contributed by atoms with Gasteiger partial charge in [-0.15, -0.1) is 11.3 Å². The smallest absolute Gasteiger partial charge is 0.248 e. The predicted molar refractivity (Wildman–Crippen MR) is 320 cm³/mol. The van der Waals surface area contributed by atoms with Crippen molar-refractivity contribution < 1.29 is 33.8 Å². The molecular formula is C60H79N13O7S. The fraction of sp³-hybridized carbons (Fsp3) is 0.433. The Labute approximate surface area is 479 Å². The van der Waals surface area contributed by atoms with Crippen molar-refractivity contribution in [1.82, 2.24) is 49.8 Å². The maximum Gasteiger partial charge on any atom is 0.248 e. The van der Waals surface area contributed by atoms with Gasteiger partial charge in [-0.1, -0.05) is 69.3 Å². The number of anilines is 4. The molecule has 1 aliphatic rings. The Morgan fingerprint density at radius 2 is 1.68 bits per heavy atom. The van der Waals surface area contributed by atoms with Gasteiger partial charge in [-0.25, -0.2) is 15.0 Å². The first kappa shape index (κ1) is 60.9. The van der Waals surface area contributed by atoms with E-state index >= 15 is 0 Å². The van der Waals surface area contributed by atoms with Gasteiger partial charge >= 0.3 is 0 Å². The van der Waals surface area contributed by atoms with E-state index in [0.717, 1.165) is 56.1 Å². The topological polar surface area (TPSA) is 223 Å². The number of aliphatic hydroxyl groups excluding tert-OH is 1. The van der Waals surface area contributed by atoms with Gasteiger partial charge in [0.2, 0.25) is 35.5 Å². The Balaban J connectivity index is 0.876. The second kappa shape index (κ2) is 27.6. The van der Waals surface area contributed by atoms with Crippen molar-refractivity contribution in [3.05, 3.63) is 108 Å². The lowest BCUT2D eigenvalue weighted by Gasteiger charge is -2.35. The van der Waals surface area contributed by atoms with Gasteiger partial charge in [0, 0.05) is 127 Å². The summed E-state index contributed by atoms with van der Waals surface area (Å²) in [7, 11) is 13.2. The van der Waals surface area contributed by atoms with E-state index in [4.69, 9.17) is 9.72 Å². The molecule has 1 fully saturated rings. The lowest BCUT2D eigenvalue weighted by atomic mass is 9.85. The second-order valence-electron chi connectivity index (χ2n) is 22.1. The SMILES string of the molecule is COc1cc(N(C)CCN(C)C)c(NC(=O)/C=C/CN(C)CCN(C)C(=O)CCCC(=O)N[C@H](C(=O)N2C[C@H](O)C[C@H]2C(=O)NCc2ccc(-c3scnc3C)cc2)C(C)(C)C)cc1Nc1nccc(-c2cn(C)c3ccccc23)n1. The standard InChI is InChI=1S/C60H79N13O7S/c1-39-55(81-38-63-39)41-23-21-40(22-24-41)35-62-57(78)50-32-42(74)36-73(50)58(79)56(60(2,3)4)67-53(76)18-14-20-54(77)71(9)31-29-69(7)27-15-19-52(75)64-46-33-47(51(80-11)34-49(46)70(8)30-28-68(5)6)66-59-61-26-25-45(65-59)44-37-72(10)48-17-13-12-16-43(44)48/h12-13,15-17,19,21-26,33-34,37-38,42,50,56,74H,14,18,20,27-32,35-36H2,1-11H3,(H,62,78)(H,64,75)(H,67,76)(H,61,65,66)/b19-15+/t42-,50+,56-/m1/s1. The fourth-order valence-corrected chi connectivity index (χ4v) is 10.4. The normalized spacial score (nSPS) is 14.9. The number of para-hydroxylation sites is 1. The number of rotatable bonds is 25. The van der Waals surface area contributed by atoms with Crippen LogP contribution in [0.3, 0.4) is 0 Å². The van der Waals surface area contributed by atoms with Gasteiger partial charge in [0.15, 0.2) is 0 Å². The highest BCUT2D eigenvalue weighted by Crippen LogP contribution is 2.39. The van der Waals surface area contributed by atoms with Crippen LogP contribution in [-0.2, 0) is 37.6 Å². The minimum atomic E-state index is -0.982. The number of hydrogen-bond acceptors (Lipinski definition) is 15. The van der Waals surface area contributed by atoms with Crippen molar-refractivity contribution in [2.45, 2.75) is 78.1 Å². The zero-order valence-electron chi connectivity index (χ0n) is 48.6. The van der Waals surface area contributed by atoms with Crippen LogP contribution in [-0.4, -0.2) is 174 Å². The summed E-state index contributed by atoms with van der Waals surface area (Å²) in [6, 6.07) is 19.7. The molecule has 4 heterocycles. The van der Waals surface area contributed by atoms with E-state index in [-0.39, 0.29) is 56.5 Å². The molecule has 5 amide bonds. The lowest BCUT2D eigenvalue weighted by Crippen LogP contribution is -2.57. The van der Waals surface area contributed by atoms with Crippen molar-refractivity contribution in [3.63, 3.8) is 0 Å². The number of likely N-dealkylation sites (N-methyl/N-ethyl adjacent to an activating group) is 4. The summed E-state index contributed by atoms with van der Waals surface area (Å²) in [6.07, 6.45) is 6.59. The summed E-state index contributed by atoms with van der Waals surface area (Å²) in [5, 5.41) is 24.0. The van der Waals surface area contributed by atoms with Crippen molar-refractivity contribution in [2.24, 2.45) is 12.5 Å². The molecule has 3 aromatic carbocycles. The van der Waals surface area contributed by atoms with Crippen LogP contribution in [0.1, 0.15) is 57.7 Å². The summed E-state index contributed by atoms with van der Waals surface area (Å²) in [4.78, 5) is 91.8. The Morgan fingerprint density at radius 1 is 0.926 bits per heavy atom. The summed E-state index contributed by atoms with van der Waals surface area (Å²) < 4.78 is 7.94. The molecule has 5 N–H and O–H groups in total. The fourth-order valence-electron chi connectivity index (χ4n) is 9.61. The van der Waals surface area contributed by atoms with Crippen LogP contribution < -0.4 is 30.9 Å². The van der Waals surface area contributed by atoms with Crippen LogP contribution in [0.15, 0.2) is 96.8 Å². The van der Waals surface area contributed by atoms with Crippen LogP contribution in [0.5, 0.6) is 5.75 Å². The number of hydrogen-bond donors (Lipinski definition) is 5. The van der Waals surface area contributed by atoms with E-state index < -0.39 is 35.4 Å². The summed E-state index contributed by atoms with van der Waals surface area (Å²) in [5.74, 6) is -0.792. The number of aryl methyl sites for hydroxylation is 2. The number of carbonyl (C=O) groups excluding carboxylic acids is 5. The van der Waals surface area contributed by atoms with E-state index in [0.29, 0.717) is 49.3 Å². The molecule has 0 spiro atoms. The molecule has 1 aliphatic heterocycles. The number of benzene rings is 3. The highest BCUT2D eigenvalue weighted by molar-refractivity contribution is 7.13. The van der Waals surface area contributed by atoms with E-state index in [1.165, 1.54) is 11.0 Å². The average Bonchev–Trinajstić information content (AvgIpc) is 4.38. The van der Waals surface area contributed by atoms with Gasteiger partial charge in [0.1, 0.15) is 17.8 Å². The lowest BCUT2D eigenvalue weighted by molar-refractivity contribution is -0.144. The zero-order valence-corrected chi connectivity index (χ0v) is 49.4. The van der Waals surface area contributed by atoms with Gasteiger partial charge in [-0.2, -0.15) is 0 Å². The molecule has 0 saturated carbocycles. The Bertz CT molecular complexity index is 3190. The van der Waals surface area contributed by atoms with Gasteiger partial charge in [0.25, 0.3) is 0 Å². The number of nitrogens with zero attached hydrogens (tertiary/aromatic N) is 9. The number of aliphatic hydroxyl groups is 1. The Kier molecular flexibility index (Phi) is 20.8. The number of ether oxygens (including phenoxy) is 1. The summed E-state index contributed by atoms with van der Waals surface area (Å²) >= 11 is 1.57. The molecule has 81 heavy (non-hydrogen) atoms. The van der Waals surface area contributed by atoms with Gasteiger partial charge in [0.05, 0.1) is 52.1 Å². The third kappa shape index (κ3) is 16.2. The molecule has 432 valence electrons. The minimum absolute atomic E-state index is 0.0111. The van der Waals surface area contributed by atoms with Gasteiger partial charge in [-0.05, 0) is 69.2 Å². The van der Waals surface area contributed by atoms with Gasteiger partial charge in [-0.3, -0.25) is 24.0 Å². The van der Waals surface area contributed by atoms with Crippen molar-refractivity contribution in [1.29, 1.82) is 0 Å². The average molecular weight is 1130 g/mol. The number of β-amino-alcohol motifs (C(OH)–C–C–N with tert-alkyl or cyclic N) is 1. The number of likely N-dealkylation sites (tertiary alicyclic amines) is 1. The molecule has 3 aromatic heterocycles. The third-order valence-corrected chi connectivity index (χ3v) is 15.4. The molecule has 3 atom stereocenters. The molecule has 0 bridgehead atoms. The van der Waals surface area contributed by atoms with Crippen LogP contribution in [0.4, 0.5) is 23.0 Å². The van der Waals surface area contributed by atoms with Gasteiger partial charge < -0.3 is 60.2 Å². The number of fused-ring (bicyclic) bond motifs is 1.